The summed E-state index contributed by atoms with van der Waals surface area (Å²) >= 11 is 12.1. The standard InChI is InChI=1S/C20H21Cl2NO3/c1-11-6-5-7-16(12(11)2)20(25)26-14(4)19(24)23-13(3)17-9-8-15(21)10-18(17)22/h5-10,13-14H,1-4H3,(H,23,24)/t13-,14-/m1/s1. The molecule has 0 saturated heterocycles. The van der Waals surface area contributed by atoms with Gasteiger partial charge in [-0.15, -0.1) is 0 Å². The van der Waals surface area contributed by atoms with Crippen molar-refractivity contribution in [3.8, 4) is 0 Å². The Balaban J connectivity index is 2.03. The number of halogens is 2. The summed E-state index contributed by atoms with van der Waals surface area (Å²) in [4.78, 5) is 24.7. The van der Waals surface area contributed by atoms with E-state index in [4.69, 9.17) is 27.9 Å². The number of carbonyl (C=O) groups excluding carboxylic acids is 2. The molecule has 0 unspecified atom stereocenters. The zero-order chi connectivity index (χ0) is 19.4. The average Bonchev–Trinajstić information content (AvgIpc) is 2.56. The van der Waals surface area contributed by atoms with Crippen molar-refractivity contribution in [2.24, 2.45) is 0 Å². The first kappa shape index (κ1) is 20.3. The van der Waals surface area contributed by atoms with E-state index in [1.807, 2.05) is 19.9 Å². The highest BCUT2D eigenvalue weighted by atomic mass is 35.5. The van der Waals surface area contributed by atoms with Gasteiger partial charge in [0.1, 0.15) is 0 Å². The second-order valence-electron chi connectivity index (χ2n) is 6.19. The zero-order valence-corrected chi connectivity index (χ0v) is 16.6. The highest BCUT2D eigenvalue weighted by Crippen LogP contribution is 2.26. The predicted molar refractivity (Wildman–Crippen MR) is 104 cm³/mol. The Morgan fingerprint density at radius 2 is 1.77 bits per heavy atom. The predicted octanol–water partition coefficient (Wildman–Crippen LogP) is 5.03. The molecule has 138 valence electrons. The van der Waals surface area contributed by atoms with Crippen molar-refractivity contribution in [1.82, 2.24) is 5.32 Å². The van der Waals surface area contributed by atoms with Gasteiger partial charge in [-0.3, -0.25) is 4.79 Å². The molecule has 4 nitrogen and oxygen atoms in total. The highest BCUT2D eigenvalue weighted by Gasteiger charge is 2.22. The summed E-state index contributed by atoms with van der Waals surface area (Å²) in [6, 6.07) is 10.1. The molecule has 2 atom stereocenters. The Hall–Kier alpha value is -2.04. The number of hydrogen-bond acceptors (Lipinski definition) is 3. The van der Waals surface area contributed by atoms with E-state index in [0.29, 0.717) is 15.6 Å². The van der Waals surface area contributed by atoms with Crippen LogP contribution < -0.4 is 5.32 Å². The molecule has 0 radical (unpaired) electrons. The molecule has 26 heavy (non-hydrogen) atoms. The Labute approximate surface area is 163 Å². The Kier molecular flexibility index (Phi) is 6.68. The molecule has 0 saturated carbocycles. The normalized spacial score (nSPS) is 13.0. The van der Waals surface area contributed by atoms with E-state index in [9.17, 15) is 9.59 Å². The number of nitrogens with one attached hydrogen (secondary N) is 1. The number of benzene rings is 2. The Bertz CT molecular complexity index is 836. The molecule has 0 aliphatic carbocycles. The molecule has 0 heterocycles. The van der Waals surface area contributed by atoms with Crippen LogP contribution in [0.5, 0.6) is 0 Å². The number of rotatable bonds is 5. The molecule has 0 fully saturated rings. The first-order valence-electron chi connectivity index (χ1n) is 8.23. The van der Waals surface area contributed by atoms with Crippen molar-refractivity contribution in [3.63, 3.8) is 0 Å². The largest absolute Gasteiger partial charge is 0.449 e. The monoisotopic (exact) mass is 393 g/mol. The van der Waals surface area contributed by atoms with Crippen LogP contribution in [-0.4, -0.2) is 18.0 Å². The smallest absolute Gasteiger partial charge is 0.339 e. The van der Waals surface area contributed by atoms with Crippen LogP contribution in [0.15, 0.2) is 36.4 Å². The van der Waals surface area contributed by atoms with E-state index < -0.39 is 18.0 Å². The lowest BCUT2D eigenvalue weighted by atomic mass is 10.0. The minimum Gasteiger partial charge on any atom is -0.449 e. The van der Waals surface area contributed by atoms with Gasteiger partial charge in [0.15, 0.2) is 6.10 Å². The molecule has 0 bridgehead atoms. The number of carbonyl (C=O) groups is 2. The van der Waals surface area contributed by atoms with Crippen molar-refractivity contribution < 1.29 is 14.3 Å². The van der Waals surface area contributed by atoms with E-state index >= 15 is 0 Å². The number of amides is 1. The van der Waals surface area contributed by atoms with Crippen molar-refractivity contribution in [2.75, 3.05) is 0 Å². The maximum absolute atomic E-state index is 12.4. The van der Waals surface area contributed by atoms with Gasteiger partial charge >= 0.3 is 5.97 Å². The number of aryl methyl sites for hydroxylation is 1. The van der Waals surface area contributed by atoms with Crippen molar-refractivity contribution in [3.05, 3.63) is 68.7 Å². The molecule has 1 N–H and O–H groups in total. The number of hydrogen-bond donors (Lipinski definition) is 1. The molecule has 1 amide bonds. The third-order valence-corrected chi connectivity index (χ3v) is 4.83. The van der Waals surface area contributed by atoms with Crippen LogP contribution in [0.25, 0.3) is 0 Å². The Morgan fingerprint density at radius 1 is 1.08 bits per heavy atom. The summed E-state index contributed by atoms with van der Waals surface area (Å²) in [6.45, 7) is 7.10. The minimum absolute atomic E-state index is 0.353. The third kappa shape index (κ3) is 4.77. The summed E-state index contributed by atoms with van der Waals surface area (Å²) in [5, 5.41) is 3.78. The van der Waals surface area contributed by atoms with Gasteiger partial charge in [0.25, 0.3) is 5.91 Å². The van der Waals surface area contributed by atoms with E-state index in [1.54, 1.807) is 37.3 Å². The second kappa shape index (κ2) is 8.56. The quantitative estimate of drug-likeness (QED) is 0.724. The number of ether oxygens (including phenoxy) is 1. The van der Waals surface area contributed by atoms with Crippen LogP contribution in [0.4, 0.5) is 0 Å². The van der Waals surface area contributed by atoms with E-state index in [0.717, 1.165) is 16.7 Å². The van der Waals surface area contributed by atoms with Gasteiger partial charge in [0, 0.05) is 10.0 Å². The first-order valence-corrected chi connectivity index (χ1v) is 8.98. The molecule has 0 aromatic heterocycles. The fraction of sp³-hybridized carbons (Fsp3) is 0.300. The molecule has 0 spiro atoms. The molecular formula is C20H21Cl2NO3. The molecule has 2 rings (SSSR count). The topological polar surface area (TPSA) is 55.4 Å². The first-order chi connectivity index (χ1) is 12.2. The van der Waals surface area contributed by atoms with Crippen LogP contribution in [0.1, 0.15) is 46.9 Å². The maximum atomic E-state index is 12.4. The molecule has 0 aliphatic rings. The second-order valence-corrected chi connectivity index (χ2v) is 7.03. The summed E-state index contributed by atoms with van der Waals surface area (Å²) in [5.41, 5.74) is 3.02. The fourth-order valence-electron chi connectivity index (χ4n) is 2.51. The van der Waals surface area contributed by atoms with E-state index in [-0.39, 0.29) is 6.04 Å². The van der Waals surface area contributed by atoms with Gasteiger partial charge in [0.2, 0.25) is 0 Å². The van der Waals surface area contributed by atoms with E-state index in [1.165, 1.54) is 6.92 Å². The van der Waals surface area contributed by atoms with E-state index in [2.05, 4.69) is 5.32 Å². The van der Waals surface area contributed by atoms with Crippen LogP contribution in [0.2, 0.25) is 10.0 Å². The maximum Gasteiger partial charge on any atom is 0.339 e. The number of esters is 1. The lowest BCUT2D eigenvalue weighted by Crippen LogP contribution is -2.37. The van der Waals surface area contributed by atoms with Gasteiger partial charge < -0.3 is 10.1 Å². The van der Waals surface area contributed by atoms with Crippen molar-refractivity contribution in [2.45, 2.75) is 39.8 Å². The average molecular weight is 394 g/mol. The van der Waals surface area contributed by atoms with Crippen LogP contribution in [0.3, 0.4) is 0 Å². The van der Waals surface area contributed by atoms with Crippen molar-refractivity contribution in [1.29, 1.82) is 0 Å². The van der Waals surface area contributed by atoms with Gasteiger partial charge in [-0.05, 0) is 62.6 Å². The van der Waals surface area contributed by atoms with Gasteiger partial charge in [-0.25, -0.2) is 4.79 Å². The van der Waals surface area contributed by atoms with Gasteiger partial charge in [-0.2, -0.15) is 0 Å². The molecular weight excluding hydrogens is 373 g/mol. The summed E-state index contributed by atoms with van der Waals surface area (Å²) in [6.07, 6.45) is -0.934. The van der Waals surface area contributed by atoms with Gasteiger partial charge in [0.05, 0.1) is 11.6 Å². The SMILES string of the molecule is Cc1cccc(C(=O)O[C@H](C)C(=O)N[C@H](C)c2ccc(Cl)cc2Cl)c1C. The Morgan fingerprint density at radius 3 is 2.42 bits per heavy atom. The molecule has 0 aliphatic heterocycles. The minimum atomic E-state index is -0.934. The highest BCUT2D eigenvalue weighted by molar-refractivity contribution is 6.35. The summed E-state index contributed by atoms with van der Waals surface area (Å²) in [5.74, 6) is -0.923. The van der Waals surface area contributed by atoms with Crippen LogP contribution >= 0.6 is 23.2 Å². The summed E-state index contributed by atoms with van der Waals surface area (Å²) in [7, 11) is 0. The summed E-state index contributed by atoms with van der Waals surface area (Å²) < 4.78 is 5.32. The van der Waals surface area contributed by atoms with Crippen LogP contribution in [-0.2, 0) is 9.53 Å². The fourth-order valence-corrected chi connectivity index (χ4v) is 3.08. The molecule has 6 heteroatoms. The third-order valence-electron chi connectivity index (χ3n) is 4.27. The lowest BCUT2D eigenvalue weighted by Gasteiger charge is -2.19. The lowest BCUT2D eigenvalue weighted by molar-refractivity contribution is -0.129. The van der Waals surface area contributed by atoms with Crippen molar-refractivity contribution >= 4 is 35.1 Å². The molecule has 2 aromatic rings. The van der Waals surface area contributed by atoms with Crippen LogP contribution in [0, 0.1) is 13.8 Å². The molecule has 2 aromatic carbocycles. The van der Waals surface area contributed by atoms with Gasteiger partial charge in [-0.1, -0.05) is 41.4 Å². The zero-order valence-electron chi connectivity index (χ0n) is 15.1.